The van der Waals surface area contributed by atoms with Gasteiger partial charge in [0, 0.05) is 13.1 Å². The van der Waals surface area contributed by atoms with Gasteiger partial charge in [-0.3, -0.25) is 4.79 Å². The molecule has 0 aromatic carbocycles. The van der Waals surface area contributed by atoms with E-state index < -0.39 is 0 Å². The normalized spacial score (nSPS) is 24.5. The average molecular weight is 237 g/mol. The third kappa shape index (κ3) is 5.90. The minimum absolute atomic E-state index is 0.107. The fourth-order valence-electron chi connectivity index (χ4n) is 2.55. The van der Waals surface area contributed by atoms with Crippen molar-refractivity contribution in [2.45, 2.75) is 58.3 Å². The monoisotopic (exact) mass is 237 g/mol. The van der Waals surface area contributed by atoms with Crippen LogP contribution >= 0.6 is 0 Å². The van der Waals surface area contributed by atoms with Crippen LogP contribution in [0.25, 0.3) is 0 Å². The topological polar surface area (TPSA) is 20.3 Å². The number of rotatable bonds is 1. The van der Waals surface area contributed by atoms with Gasteiger partial charge in [-0.25, -0.2) is 0 Å². The Bertz CT molecular complexity index is 237. The Balaban J connectivity index is 2.41. The zero-order valence-corrected chi connectivity index (χ0v) is 11.3. The summed E-state index contributed by atoms with van der Waals surface area (Å²) in [4.78, 5) is 13.6. The Hall–Kier alpha value is -0.790. The van der Waals surface area contributed by atoms with Crippen LogP contribution in [0.1, 0.15) is 58.3 Å². The van der Waals surface area contributed by atoms with Gasteiger partial charge in [0.1, 0.15) is 0 Å². The first-order chi connectivity index (χ1) is 8.24. The number of carbonyl (C=O) groups excluding carboxylic acids is 1. The average Bonchev–Trinajstić information content (AvgIpc) is 2.32. The van der Waals surface area contributed by atoms with E-state index in [1.165, 1.54) is 44.6 Å². The molecule has 0 radical (unpaired) electrons. The summed E-state index contributed by atoms with van der Waals surface area (Å²) >= 11 is 0. The van der Waals surface area contributed by atoms with Gasteiger partial charge in [-0.1, -0.05) is 52.0 Å². The number of amides is 1. The van der Waals surface area contributed by atoms with Gasteiger partial charge in [-0.05, 0) is 24.8 Å². The van der Waals surface area contributed by atoms with Crippen LogP contribution in [0.2, 0.25) is 0 Å². The van der Waals surface area contributed by atoms with Gasteiger partial charge < -0.3 is 4.90 Å². The van der Waals surface area contributed by atoms with Gasteiger partial charge in [0.2, 0.25) is 5.91 Å². The second-order valence-corrected chi connectivity index (χ2v) is 5.33. The molecule has 1 aliphatic heterocycles. The number of carbonyl (C=O) groups is 1. The van der Waals surface area contributed by atoms with E-state index in [-0.39, 0.29) is 5.91 Å². The van der Waals surface area contributed by atoms with Gasteiger partial charge >= 0.3 is 0 Å². The maximum Gasteiger partial charge on any atom is 0.245 e. The molecule has 1 unspecified atom stereocenters. The van der Waals surface area contributed by atoms with E-state index in [2.05, 4.69) is 13.5 Å². The summed E-state index contributed by atoms with van der Waals surface area (Å²) in [6, 6.07) is 0. The second kappa shape index (κ2) is 8.32. The molecule has 1 saturated heterocycles. The molecule has 0 spiro atoms. The van der Waals surface area contributed by atoms with Crippen LogP contribution in [0.3, 0.4) is 0 Å². The Labute approximate surface area is 106 Å². The van der Waals surface area contributed by atoms with E-state index in [1.54, 1.807) is 0 Å². The van der Waals surface area contributed by atoms with Crippen molar-refractivity contribution in [2.24, 2.45) is 5.92 Å². The summed E-state index contributed by atoms with van der Waals surface area (Å²) < 4.78 is 0. The van der Waals surface area contributed by atoms with E-state index in [9.17, 15) is 4.79 Å². The fraction of sp³-hybridized carbons (Fsp3) is 0.800. The molecule has 1 fully saturated rings. The molecule has 1 atom stereocenters. The molecule has 1 aliphatic rings. The molecule has 17 heavy (non-hydrogen) atoms. The van der Waals surface area contributed by atoms with Crippen LogP contribution in [0.4, 0.5) is 0 Å². The Morgan fingerprint density at radius 3 is 2.24 bits per heavy atom. The summed E-state index contributed by atoms with van der Waals surface area (Å²) in [5.74, 6) is 0.966. The van der Waals surface area contributed by atoms with Crippen LogP contribution in [-0.4, -0.2) is 23.9 Å². The largest absolute Gasteiger partial charge is 0.339 e. The molecule has 2 nitrogen and oxygen atoms in total. The van der Waals surface area contributed by atoms with Crippen LogP contribution < -0.4 is 0 Å². The van der Waals surface area contributed by atoms with Crippen molar-refractivity contribution in [1.82, 2.24) is 4.90 Å². The SMILES string of the molecule is C=CC(=O)N1CCCCCCC(C)CCCC1. The molecule has 1 heterocycles. The first-order valence-corrected chi connectivity index (χ1v) is 7.15. The van der Waals surface area contributed by atoms with Gasteiger partial charge in [0.25, 0.3) is 0 Å². The summed E-state index contributed by atoms with van der Waals surface area (Å²) in [7, 11) is 0. The highest BCUT2D eigenvalue weighted by Gasteiger charge is 2.11. The summed E-state index contributed by atoms with van der Waals surface area (Å²) in [6.07, 6.45) is 11.6. The summed E-state index contributed by atoms with van der Waals surface area (Å²) in [5, 5.41) is 0. The summed E-state index contributed by atoms with van der Waals surface area (Å²) in [6.45, 7) is 7.78. The molecule has 0 saturated carbocycles. The van der Waals surface area contributed by atoms with Gasteiger partial charge in [-0.2, -0.15) is 0 Å². The van der Waals surface area contributed by atoms with E-state index in [1.807, 2.05) is 4.90 Å². The molecule has 0 aliphatic carbocycles. The lowest BCUT2D eigenvalue weighted by Crippen LogP contribution is -2.31. The van der Waals surface area contributed by atoms with Crippen LogP contribution in [-0.2, 0) is 4.79 Å². The van der Waals surface area contributed by atoms with E-state index in [4.69, 9.17) is 0 Å². The lowest BCUT2D eigenvalue weighted by Gasteiger charge is -2.22. The smallest absolute Gasteiger partial charge is 0.245 e. The predicted octanol–water partition coefficient (Wildman–Crippen LogP) is 3.77. The van der Waals surface area contributed by atoms with Gasteiger partial charge in [0.15, 0.2) is 0 Å². The minimum atomic E-state index is 0.107. The van der Waals surface area contributed by atoms with Gasteiger partial charge in [0.05, 0.1) is 0 Å². The number of hydrogen-bond acceptors (Lipinski definition) is 1. The standard InChI is InChI=1S/C15H27NO/c1-3-15(17)16-12-8-5-4-6-10-14(2)11-7-9-13-16/h3,14H,1,4-13H2,2H3. The third-order valence-corrected chi connectivity index (χ3v) is 3.74. The molecule has 0 aromatic heterocycles. The van der Waals surface area contributed by atoms with Crippen LogP contribution in [0.15, 0.2) is 12.7 Å². The molecule has 2 heteroatoms. The third-order valence-electron chi connectivity index (χ3n) is 3.74. The molecule has 98 valence electrons. The van der Waals surface area contributed by atoms with Crippen LogP contribution in [0.5, 0.6) is 0 Å². The van der Waals surface area contributed by atoms with Crippen molar-refractivity contribution in [2.75, 3.05) is 13.1 Å². The predicted molar refractivity (Wildman–Crippen MR) is 72.9 cm³/mol. The van der Waals surface area contributed by atoms with Crippen molar-refractivity contribution in [3.05, 3.63) is 12.7 Å². The Morgan fingerprint density at radius 1 is 1.06 bits per heavy atom. The lowest BCUT2D eigenvalue weighted by molar-refractivity contribution is -0.126. The maximum atomic E-state index is 11.7. The van der Waals surface area contributed by atoms with Gasteiger partial charge in [-0.15, -0.1) is 0 Å². The second-order valence-electron chi connectivity index (χ2n) is 5.33. The molecule has 1 amide bonds. The molecular formula is C15H27NO. The molecular weight excluding hydrogens is 210 g/mol. The highest BCUT2D eigenvalue weighted by Crippen LogP contribution is 2.18. The minimum Gasteiger partial charge on any atom is -0.339 e. The summed E-state index contributed by atoms with van der Waals surface area (Å²) in [5.41, 5.74) is 0. The van der Waals surface area contributed by atoms with Crippen molar-refractivity contribution >= 4 is 5.91 Å². The highest BCUT2D eigenvalue weighted by molar-refractivity contribution is 5.86. The van der Waals surface area contributed by atoms with Crippen molar-refractivity contribution < 1.29 is 4.79 Å². The van der Waals surface area contributed by atoms with E-state index >= 15 is 0 Å². The molecule has 0 bridgehead atoms. The van der Waals surface area contributed by atoms with Crippen molar-refractivity contribution in [3.63, 3.8) is 0 Å². The van der Waals surface area contributed by atoms with Crippen LogP contribution in [0, 0.1) is 5.92 Å². The zero-order valence-electron chi connectivity index (χ0n) is 11.3. The first kappa shape index (κ1) is 14.3. The Kier molecular flexibility index (Phi) is 6.99. The lowest BCUT2D eigenvalue weighted by atomic mass is 9.96. The van der Waals surface area contributed by atoms with E-state index in [0.29, 0.717) is 0 Å². The van der Waals surface area contributed by atoms with Crippen molar-refractivity contribution in [3.8, 4) is 0 Å². The number of hydrogen-bond donors (Lipinski definition) is 0. The number of nitrogens with zero attached hydrogens (tertiary/aromatic N) is 1. The quantitative estimate of drug-likeness (QED) is 0.636. The van der Waals surface area contributed by atoms with E-state index in [0.717, 1.165) is 31.8 Å². The molecule has 0 aromatic rings. The highest BCUT2D eigenvalue weighted by atomic mass is 16.2. The van der Waals surface area contributed by atoms with Crippen molar-refractivity contribution in [1.29, 1.82) is 0 Å². The fourth-order valence-corrected chi connectivity index (χ4v) is 2.55. The first-order valence-electron chi connectivity index (χ1n) is 7.15. The zero-order chi connectivity index (χ0) is 12.5. The molecule has 0 N–H and O–H groups in total. The molecule has 1 rings (SSSR count). The Morgan fingerprint density at radius 2 is 1.59 bits per heavy atom. The maximum absolute atomic E-state index is 11.7.